The van der Waals surface area contributed by atoms with E-state index in [1.54, 1.807) is 6.08 Å². The van der Waals surface area contributed by atoms with E-state index in [1.807, 2.05) is 57.2 Å². The van der Waals surface area contributed by atoms with Gasteiger partial charge in [0.15, 0.2) is 6.61 Å². The smallest absolute Gasteiger partial charge is 0.331 e. The second-order valence-corrected chi connectivity index (χ2v) is 7.53. The fraction of sp³-hybridized carbons (Fsp3) is 0.360. The van der Waals surface area contributed by atoms with Gasteiger partial charge in [0, 0.05) is 30.2 Å². The number of esters is 1. The van der Waals surface area contributed by atoms with Crippen molar-refractivity contribution in [2.24, 2.45) is 0 Å². The van der Waals surface area contributed by atoms with Crippen molar-refractivity contribution in [3.63, 3.8) is 0 Å². The van der Waals surface area contributed by atoms with Crippen molar-refractivity contribution in [3.8, 4) is 11.5 Å². The van der Waals surface area contributed by atoms with Gasteiger partial charge < -0.3 is 19.5 Å². The summed E-state index contributed by atoms with van der Waals surface area (Å²) in [6, 6.07) is 11.9. The van der Waals surface area contributed by atoms with Crippen LogP contribution < -0.4 is 14.8 Å². The van der Waals surface area contributed by atoms with Gasteiger partial charge >= 0.3 is 5.97 Å². The van der Waals surface area contributed by atoms with Crippen LogP contribution in [0.2, 0.25) is 0 Å². The second kappa shape index (κ2) is 10.7. The molecule has 1 aliphatic rings. The largest absolute Gasteiger partial charge is 0.493 e. The van der Waals surface area contributed by atoms with E-state index in [1.165, 1.54) is 17.2 Å². The highest BCUT2D eigenvalue weighted by Crippen LogP contribution is 2.35. The van der Waals surface area contributed by atoms with E-state index in [0.29, 0.717) is 18.9 Å². The van der Waals surface area contributed by atoms with Crippen LogP contribution in [0, 0.1) is 6.92 Å². The van der Waals surface area contributed by atoms with Gasteiger partial charge in [-0.25, -0.2) is 4.79 Å². The molecule has 1 amide bonds. The summed E-state index contributed by atoms with van der Waals surface area (Å²) in [6.07, 6.45) is 4.60. The average molecular weight is 424 g/mol. The van der Waals surface area contributed by atoms with Gasteiger partial charge in [-0.05, 0) is 56.5 Å². The molecule has 0 aromatic heterocycles. The number of nitrogens with one attached hydrogen (secondary N) is 1. The zero-order chi connectivity index (χ0) is 22.2. The molecule has 1 N–H and O–H groups in total. The van der Waals surface area contributed by atoms with Crippen LogP contribution in [0.1, 0.15) is 36.1 Å². The van der Waals surface area contributed by atoms with Crippen molar-refractivity contribution in [2.75, 3.05) is 19.8 Å². The Bertz CT molecular complexity index is 966. The minimum atomic E-state index is -0.591. The van der Waals surface area contributed by atoms with Crippen molar-refractivity contribution in [1.29, 1.82) is 0 Å². The fourth-order valence-electron chi connectivity index (χ4n) is 3.49. The Balaban J connectivity index is 1.48. The molecule has 164 valence electrons. The molecular weight excluding hydrogens is 394 g/mol. The molecule has 1 heterocycles. The summed E-state index contributed by atoms with van der Waals surface area (Å²) >= 11 is 0. The van der Waals surface area contributed by atoms with Crippen LogP contribution >= 0.6 is 0 Å². The lowest BCUT2D eigenvalue weighted by molar-refractivity contribution is -0.143. The van der Waals surface area contributed by atoms with Gasteiger partial charge in [0.2, 0.25) is 0 Å². The Morgan fingerprint density at radius 2 is 2.06 bits per heavy atom. The maximum absolute atomic E-state index is 12.1. The van der Waals surface area contributed by atoms with Crippen LogP contribution in [-0.2, 0) is 27.2 Å². The third kappa shape index (κ3) is 6.35. The van der Waals surface area contributed by atoms with Gasteiger partial charge in [0.25, 0.3) is 5.91 Å². The molecule has 0 fully saturated rings. The zero-order valence-corrected chi connectivity index (χ0v) is 18.3. The molecular formula is C25H29NO5. The molecule has 6 heteroatoms. The molecule has 2 aromatic rings. The number of hydrogen-bond donors (Lipinski definition) is 1. The first-order valence-corrected chi connectivity index (χ1v) is 10.6. The van der Waals surface area contributed by atoms with E-state index in [0.717, 1.165) is 29.7 Å². The van der Waals surface area contributed by atoms with E-state index >= 15 is 0 Å². The second-order valence-electron chi connectivity index (χ2n) is 7.53. The van der Waals surface area contributed by atoms with Crippen molar-refractivity contribution in [2.45, 2.75) is 39.7 Å². The summed E-state index contributed by atoms with van der Waals surface area (Å²) in [5.74, 6) is 0.575. The number of ether oxygens (including phenoxy) is 3. The SMILES string of the molecule is CCOc1cc2c(cc1/C=C/C(=O)OCC(=O)NCCc1ccccc1C)O[C@@H](C)C2. The maximum Gasteiger partial charge on any atom is 0.331 e. The van der Waals surface area contributed by atoms with Crippen LogP contribution in [0.25, 0.3) is 6.08 Å². The van der Waals surface area contributed by atoms with E-state index in [4.69, 9.17) is 14.2 Å². The van der Waals surface area contributed by atoms with E-state index in [9.17, 15) is 9.59 Å². The lowest BCUT2D eigenvalue weighted by Crippen LogP contribution is -2.30. The summed E-state index contributed by atoms with van der Waals surface area (Å²) in [7, 11) is 0. The highest BCUT2D eigenvalue weighted by Gasteiger charge is 2.21. The lowest BCUT2D eigenvalue weighted by Gasteiger charge is -2.10. The molecule has 0 radical (unpaired) electrons. The minimum Gasteiger partial charge on any atom is -0.493 e. The Hall–Kier alpha value is -3.28. The van der Waals surface area contributed by atoms with Gasteiger partial charge in [0.05, 0.1) is 6.61 Å². The van der Waals surface area contributed by atoms with Gasteiger partial charge in [-0.1, -0.05) is 24.3 Å². The summed E-state index contributed by atoms with van der Waals surface area (Å²) < 4.78 is 16.5. The fourth-order valence-corrected chi connectivity index (χ4v) is 3.49. The van der Waals surface area contributed by atoms with Crippen molar-refractivity contribution >= 4 is 18.0 Å². The Kier molecular flexibility index (Phi) is 7.70. The van der Waals surface area contributed by atoms with Gasteiger partial charge in [-0.3, -0.25) is 4.79 Å². The van der Waals surface area contributed by atoms with Crippen molar-refractivity contribution in [1.82, 2.24) is 5.32 Å². The van der Waals surface area contributed by atoms with E-state index < -0.39 is 5.97 Å². The van der Waals surface area contributed by atoms with Crippen LogP contribution in [-0.4, -0.2) is 37.7 Å². The van der Waals surface area contributed by atoms with Crippen LogP contribution in [0.4, 0.5) is 0 Å². The Labute approximate surface area is 183 Å². The molecule has 0 aliphatic carbocycles. The van der Waals surface area contributed by atoms with Crippen LogP contribution in [0.3, 0.4) is 0 Å². The molecule has 6 nitrogen and oxygen atoms in total. The molecule has 0 unspecified atom stereocenters. The first-order chi connectivity index (χ1) is 15.0. The predicted octanol–water partition coefficient (Wildman–Crippen LogP) is 3.63. The van der Waals surface area contributed by atoms with Gasteiger partial charge in [0.1, 0.15) is 17.6 Å². The number of benzene rings is 2. The average Bonchev–Trinajstić information content (AvgIpc) is 3.11. The van der Waals surface area contributed by atoms with Gasteiger partial charge in [-0.2, -0.15) is 0 Å². The molecule has 3 rings (SSSR count). The lowest BCUT2D eigenvalue weighted by atomic mass is 10.1. The number of rotatable bonds is 9. The number of carbonyl (C=O) groups is 2. The highest BCUT2D eigenvalue weighted by molar-refractivity contribution is 5.89. The molecule has 0 saturated heterocycles. The van der Waals surface area contributed by atoms with Crippen molar-refractivity contribution in [3.05, 3.63) is 64.7 Å². The van der Waals surface area contributed by atoms with Crippen molar-refractivity contribution < 1.29 is 23.8 Å². The predicted molar refractivity (Wildman–Crippen MR) is 119 cm³/mol. The molecule has 0 saturated carbocycles. The Morgan fingerprint density at radius 1 is 1.26 bits per heavy atom. The molecule has 0 spiro atoms. The first kappa shape index (κ1) is 22.4. The third-order valence-electron chi connectivity index (χ3n) is 5.05. The summed E-state index contributed by atoms with van der Waals surface area (Å²) in [6.45, 7) is 6.65. The molecule has 1 aliphatic heterocycles. The topological polar surface area (TPSA) is 73.9 Å². The third-order valence-corrected chi connectivity index (χ3v) is 5.05. The van der Waals surface area contributed by atoms with Crippen LogP contribution in [0.5, 0.6) is 11.5 Å². The molecule has 0 bridgehead atoms. The number of amides is 1. The maximum atomic E-state index is 12.1. The first-order valence-electron chi connectivity index (χ1n) is 10.6. The van der Waals surface area contributed by atoms with E-state index in [-0.39, 0.29) is 18.6 Å². The normalized spacial score (nSPS) is 14.7. The van der Waals surface area contributed by atoms with Crippen LogP contribution in [0.15, 0.2) is 42.5 Å². The van der Waals surface area contributed by atoms with Gasteiger partial charge in [-0.15, -0.1) is 0 Å². The summed E-state index contributed by atoms with van der Waals surface area (Å²) in [5.41, 5.74) is 4.19. The number of aryl methyl sites for hydroxylation is 1. The number of fused-ring (bicyclic) bond motifs is 1. The molecule has 1 atom stereocenters. The monoisotopic (exact) mass is 423 g/mol. The number of hydrogen-bond acceptors (Lipinski definition) is 5. The van der Waals surface area contributed by atoms with E-state index in [2.05, 4.69) is 5.32 Å². The standard InChI is InChI=1S/C25H29NO5/c1-4-29-22-15-21-13-18(3)31-23(21)14-20(22)9-10-25(28)30-16-24(27)26-12-11-19-8-6-5-7-17(19)2/h5-10,14-15,18H,4,11-13,16H2,1-3H3,(H,26,27)/b10-9+/t18-/m0/s1. The molecule has 2 aromatic carbocycles. The summed E-state index contributed by atoms with van der Waals surface area (Å²) in [5, 5.41) is 2.77. The molecule has 31 heavy (non-hydrogen) atoms. The Morgan fingerprint density at radius 3 is 2.84 bits per heavy atom. The summed E-state index contributed by atoms with van der Waals surface area (Å²) in [4.78, 5) is 24.0. The highest BCUT2D eigenvalue weighted by atomic mass is 16.5. The zero-order valence-electron chi connectivity index (χ0n) is 18.3. The minimum absolute atomic E-state index is 0.123. The quantitative estimate of drug-likeness (QED) is 0.492. The number of carbonyl (C=O) groups excluding carboxylic acids is 2.